The van der Waals surface area contributed by atoms with Gasteiger partial charge in [0, 0.05) is 30.9 Å². The molecule has 1 unspecified atom stereocenters. The lowest BCUT2D eigenvalue weighted by Crippen LogP contribution is -2.48. The second kappa shape index (κ2) is 10.2. The van der Waals surface area contributed by atoms with Gasteiger partial charge in [0.05, 0.1) is 6.54 Å². The third kappa shape index (κ3) is 7.55. The molecule has 1 aliphatic rings. The average molecular weight is 426 g/mol. The molecule has 1 aromatic carbocycles. The summed E-state index contributed by atoms with van der Waals surface area (Å²) in [6, 6.07) is 3.29. The molecule has 8 heteroatoms. The van der Waals surface area contributed by atoms with E-state index < -0.39 is 17.2 Å². The molecule has 0 radical (unpaired) electrons. The van der Waals surface area contributed by atoms with E-state index in [2.05, 4.69) is 5.32 Å². The lowest BCUT2D eigenvalue weighted by molar-refractivity contribution is -0.117. The SMILES string of the molecule is CC(C)N(CC1CCCN(CC(=O)Nc2ccc(F)c(F)c2)C1)C(=O)OC(C)(C)C. The molecular formula is C22H33F2N3O3. The Morgan fingerprint density at radius 1 is 1.27 bits per heavy atom. The minimum Gasteiger partial charge on any atom is -0.444 e. The Bertz CT molecular complexity index is 750. The number of halogens is 2. The van der Waals surface area contributed by atoms with Crippen molar-refractivity contribution in [2.45, 2.75) is 59.1 Å². The predicted octanol–water partition coefficient (Wildman–Crippen LogP) is 4.26. The molecule has 1 saturated heterocycles. The molecule has 2 amide bonds. The molecule has 0 aliphatic carbocycles. The number of anilines is 1. The van der Waals surface area contributed by atoms with Crippen LogP contribution in [-0.2, 0) is 9.53 Å². The highest BCUT2D eigenvalue weighted by atomic mass is 19.2. The van der Waals surface area contributed by atoms with Gasteiger partial charge in [-0.3, -0.25) is 9.69 Å². The number of amides is 2. The number of ether oxygens (including phenoxy) is 1. The van der Waals surface area contributed by atoms with E-state index in [1.165, 1.54) is 6.07 Å². The first-order valence-corrected chi connectivity index (χ1v) is 10.4. The van der Waals surface area contributed by atoms with Crippen LogP contribution in [0, 0.1) is 17.6 Å². The Hall–Kier alpha value is -2.22. The lowest BCUT2D eigenvalue weighted by atomic mass is 9.97. The molecule has 0 bridgehead atoms. The minimum absolute atomic E-state index is 0.00639. The van der Waals surface area contributed by atoms with Gasteiger partial charge in [-0.05, 0) is 72.1 Å². The van der Waals surface area contributed by atoms with Gasteiger partial charge in [0.2, 0.25) is 5.91 Å². The van der Waals surface area contributed by atoms with Gasteiger partial charge in [-0.2, -0.15) is 0 Å². The first-order valence-electron chi connectivity index (χ1n) is 10.4. The second-order valence-corrected chi connectivity index (χ2v) is 9.15. The zero-order valence-corrected chi connectivity index (χ0v) is 18.5. The zero-order chi connectivity index (χ0) is 22.5. The van der Waals surface area contributed by atoms with Crippen LogP contribution in [-0.4, -0.2) is 59.6 Å². The van der Waals surface area contributed by atoms with Gasteiger partial charge in [0.25, 0.3) is 0 Å². The number of piperidine rings is 1. The predicted molar refractivity (Wildman–Crippen MR) is 112 cm³/mol. The van der Waals surface area contributed by atoms with E-state index in [4.69, 9.17) is 4.74 Å². The molecule has 2 rings (SSSR count). The van der Waals surface area contributed by atoms with Crippen molar-refractivity contribution in [2.75, 3.05) is 31.5 Å². The topological polar surface area (TPSA) is 61.9 Å². The first-order chi connectivity index (χ1) is 13.9. The van der Waals surface area contributed by atoms with Crippen LogP contribution >= 0.6 is 0 Å². The van der Waals surface area contributed by atoms with Crippen molar-refractivity contribution in [3.63, 3.8) is 0 Å². The molecule has 30 heavy (non-hydrogen) atoms. The Morgan fingerprint density at radius 3 is 2.57 bits per heavy atom. The molecule has 1 N–H and O–H groups in total. The van der Waals surface area contributed by atoms with Crippen molar-refractivity contribution in [3.8, 4) is 0 Å². The summed E-state index contributed by atoms with van der Waals surface area (Å²) in [5, 5.41) is 2.60. The Kier molecular flexibility index (Phi) is 8.18. The highest BCUT2D eigenvalue weighted by Crippen LogP contribution is 2.21. The molecule has 0 spiro atoms. The van der Waals surface area contributed by atoms with E-state index >= 15 is 0 Å². The van der Waals surface area contributed by atoms with Crippen LogP contribution in [0.5, 0.6) is 0 Å². The molecule has 6 nitrogen and oxygen atoms in total. The van der Waals surface area contributed by atoms with Crippen LogP contribution in [0.2, 0.25) is 0 Å². The van der Waals surface area contributed by atoms with Gasteiger partial charge >= 0.3 is 6.09 Å². The summed E-state index contributed by atoms with van der Waals surface area (Å²) in [6.45, 7) is 11.6. The van der Waals surface area contributed by atoms with E-state index in [0.717, 1.165) is 31.5 Å². The molecular weight excluding hydrogens is 392 g/mol. The third-order valence-corrected chi connectivity index (χ3v) is 4.88. The summed E-state index contributed by atoms with van der Waals surface area (Å²) in [4.78, 5) is 28.6. The minimum atomic E-state index is -0.998. The summed E-state index contributed by atoms with van der Waals surface area (Å²) in [7, 11) is 0. The number of hydrogen-bond donors (Lipinski definition) is 1. The highest BCUT2D eigenvalue weighted by molar-refractivity contribution is 5.92. The number of nitrogens with one attached hydrogen (secondary N) is 1. The average Bonchev–Trinajstić information content (AvgIpc) is 2.61. The van der Waals surface area contributed by atoms with Gasteiger partial charge in [-0.1, -0.05) is 0 Å². The number of nitrogens with zero attached hydrogens (tertiary/aromatic N) is 2. The van der Waals surface area contributed by atoms with Crippen LogP contribution in [0.25, 0.3) is 0 Å². The van der Waals surface area contributed by atoms with Crippen molar-refractivity contribution in [2.24, 2.45) is 5.92 Å². The number of benzene rings is 1. The standard InChI is InChI=1S/C22H33F2N3O3/c1-15(2)27(21(29)30-22(3,4)5)13-16-7-6-10-26(12-16)14-20(28)25-17-8-9-18(23)19(24)11-17/h8-9,11,15-16H,6-7,10,12-14H2,1-5H3,(H,25,28). The van der Waals surface area contributed by atoms with Crippen LogP contribution in [0.3, 0.4) is 0 Å². The van der Waals surface area contributed by atoms with Gasteiger partial charge in [0.15, 0.2) is 11.6 Å². The third-order valence-electron chi connectivity index (χ3n) is 4.88. The normalized spacial score (nSPS) is 17.7. The fourth-order valence-corrected chi connectivity index (χ4v) is 3.52. The summed E-state index contributed by atoms with van der Waals surface area (Å²) in [5.41, 5.74) is -0.329. The van der Waals surface area contributed by atoms with E-state index in [-0.39, 0.29) is 36.2 Å². The zero-order valence-electron chi connectivity index (χ0n) is 18.5. The second-order valence-electron chi connectivity index (χ2n) is 9.15. The van der Waals surface area contributed by atoms with Crippen LogP contribution < -0.4 is 5.32 Å². The Balaban J connectivity index is 1.91. The number of hydrogen-bond acceptors (Lipinski definition) is 4. The van der Waals surface area contributed by atoms with Crippen molar-refractivity contribution in [3.05, 3.63) is 29.8 Å². The summed E-state index contributed by atoms with van der Waals surface area (Å²) in [5.74, 6) is -2.01. The molecule has 0 aromatic heterocycles. The van der Waals surface area contributed by atoms with Crippen LogP contribution in [0.4, 0.5) is 19.3 Å². The smallest absolute Gasteiger partial charge is 0.410 e. The van der Waals surface area contributed by atoms with Crippen molar-refractivity contribution >= 4 is 17.7 Å². The summed E-state index contributed by atoms with van der Waals surface area (Å²) in [6.07, 6.45) is 1.56. The quantitative estimate of drug-likeness (QED) is 0.740. The van der Waals surface area contributed by atoms with Gasteiger partial charge in [-0.15, -0.1) is 0 Å². The van der Waals surface area contributed by atoms with Crippen LogP contribution in [0.1, 0.15) is 47.5 Å². The maximum Gasteiger partial charge on any atom is 0.410 e. The van der Waals surface area contributed by atoms with Crippen molar-refractivity contribution in [1.82, 2.24) is 9.80 Å². The highest BCUT2D eigenvalue weighted by Gasteiger charge is 2.29. The lowest BCUT2D eigenvalue weighted by Gasteiger charge is -2.37. The molecule has 1 atom stereocenters. The van der Waals surface area contributed by atoms with E-state index in [9.17, 15) is 18.4 Å². The van der Waals surface area contributed by atoms with E-state index in [1.807, 2.05) is 39.5 Å². The monoisotopic (exact) mass is 425 g/mol. The number of carbonyl (C=O) groups is 2. The van der Waals surface area contributed by atoms with Gasteiger partial charge in [-0.25, -0.2) is 13.6 Å². The fourth-order valence-electron chi connectivity index (χ4n) is 3.52. The molecule has 168 valence electrons. The largest absolute Gasteiger partial charge is 0.444 e. The molecule has 1 fully saturated rings. The first kappa shape index (κ1) is 24.1. The van der Waals surface area contributed by atoms with Crippen LogP contribution in [0.15, 0.2) is 18.2 Å². The summed E-state index contributed by atoms with van der Waals surface area (Å²) < 4.78 is 31.9. The maximum absolute atomic E-state index is 13.3. The number of carbonyl (C=O) groups excluding carboxylic acids is 2. The summed E-state index contributed by atoms with van der Waals surface area (Å²) >= 11 is 0. The maximum atomic E-state index is 13.3. The fraction of sp³-hybridized carbons (Fsp3) is 0.636. The number of likely N-dealkylation sites (tertiary alicyclic amines) is 1. The molecule has 0 saturated carbocycles. The molecule has 1 aliphatic heterocycles. The molecule has 1 aromatic rings. The Labute approximate surface area is 177 Å². The molecule has 1 heterocycles. The van der Waals surface area contributed by atoms with Crippen molar-refractivity contribution in [1.29, 1.82) is 0 Å². The van der Waals surface area contributed by atoms with E-state index in [0.29, 0.717) is 13.1 Å². The van der Waals surface area contributed by atoms with Gasteiger partial charge < -0.3 is 15.0 Å². The van der Waals surface area contributed by atoms with Gasteiger partial charge in [0.1, 0.15) is 5.60 Å². The number of rotatable bonds is 6. The Morgan fingerprint density at radius 2 is 1.97 bits per heavy atom. The van der Waals surface area contributed by atoms with Crippen molar-refractivity contribution < 1.29 is 23.1 Å². The van der Waals surface area contributed by atoms with E-state index in [1.54, 1.807) is 4.90 Å².